The summed E-state index contributed by atoms with van der Waals surface area (Å²) < 4.78 is 42.5. The van der Waals surface area contributed by atoms with Crippen molar-refractivity contribution in [1.82, 2.24) is 14.8 Å². The Labute approximate surface area is 92.6 Å². The summed E-state index contributed by atoms with van der Waals surface area (Å²) in [4.78, 5) is 3.83. The third-order valence-electron chi connectivity index (χ3n) is 1.75. The van der Waals surface area contributed by atoms with Crippen LogP contribution in [-0.2, 0) is 12.1 Å². The molecule has 0 spiro atoms. The molecule has 0 N–H and O–H groups in total. The first-order chi connectivity index (χ1) is 7.50. The average molecular weight is 252 g/mol. The first kappa shape index (κ1) is 11.0. The summed E-state index contributed by atoms with van der Waals surface area (Å²) in [5.41, 5.74) is -0.571. The summed E-state index contributed by atoms with van der Waals surface area (Å²) in [5.74, 6) is 0.122. The van der Waals surface area contributed by atoms with Gasteiger partial charge in [0, 0.05) is 6.20 Å². The SMILES string of the molecule is FC(F)(F)c1ccn(-c2nc(CCl)co2)n1. The van der Waals surface area contributed by atoms with Crippen LogP contribution in [0.4, 0.5) is 13.2 Å². The summed E-state index contributed by atoms with van der Waals surface area (Å²) >= 11 is 5.47. The Morgan fingerprint density at radius 2 is 2.19 bits per heavy atom. The predicted molar refractivity (Wildman–Crippen MR) is 48.2 cm³/mol. The summed E-state index contributed by atoms with van der Waals surface area (Å²) in [6, 6.07) is 0.788. The number of oxazole rings is 1. The van der Waals surface area contributed by atoms with Crippen LogP contribution in [0.1, 0.15) is 11.4 Å². The zero-order valence-electron chi connectivity index (χ0n) is 7.70. The van der Waals surface area contributed by atoms with Gasteiger partial charge in [-0.05, 0) is 6.07 Å². The van der Waals surface area contributed by atoms with Crippen molar-refractivity contribution in [2.45, 2.75) is 12.1 Å². The van der Waals surface area contributed by atoms with Crippen molar-refractivity contribution in [2.75, 3.05) is 0 Å². The highest BCUT2D eigenvalue weighted by atomic mass is 35.5. The maximum atomic E-state index is 12.2. The van der Waals surface area contributed by atoms with Gasteiger partial charge < -0.3 is 4.42 Å². The van der Waals surface area contributed by atoms with Gasteiger partial charge in [0.2, 0.25) is 0 Å². The fourth-order valence-corrected chi connectivity index (χ4v) is 1.17. The highest BCUT2D eigenvalue weighted by Crippen LogP contribution is 2.27. The minimum atomic E-state index is -4.48. The second-order valence-corrected chi connectivity index (χ2v) is 3.17. The summed E-state index contributed by atoms with van der Waals surface area (Å²) in [5, 5.41) is 3.29. The summed E-state index contributed by atoms with van der Waals surface area (Å²) in [6.07, 6.45) is -2.10. The van der Waals surface area contributed by atoms with Gasteiger partial charge in [-0.25, -0.2) is 0 Å². The van der Waals surface area contributed by atoms with E-state index in [0.717, 1.165) is 16.9 Å². The minimum absolute atomic E-state index is 0.0499. The lowest BCUT2D eigenvalue weighted by atomic mass is 10.4. The van der Waals surface area contributed by atoms with Crippen molar-refractivity contribution in [2.24, 2.45) is 0 Å². The van der Waals surface area contributed by atoms with Gasteiger partial charge in [-0.15, -0.1) is 11.6 Å². The van der Waals surface area contributed by atoms with Crippen LogP contribution in [0, 0.1) is 0 Å². The van der Waals surface area contributed by atoms with Crippen molar-refractivity contribution in [3.8, 4) is 6.01 Å². The molecular formula is C8H5ClF3N3O. The predicted octanol–water partition coefficient (Wildman–Crippen LogP) is 2.62. The maximum absolute atomic E-state index is 12.2. The van der Waals surface area contributed by atoms with E-state index in [-0.39, 0.29) is 11.9 Å². The molecule has 16 heavy (non-hydrogen) atoms. The average Bonchev–Trinajstić information content (AvgIpc) is 2.85. The van der Waals surface area contributed by atoms with Gasteiger partial charge >= 0.3 is 12.2 Å². The van der Waals surface area contributed by atoms with Crippen molar-refractivity contribution >= 4 is 11.6 Å². The van der Waals surface area contributed by atoms with E-state index < -0.39 is 11.9 Å². The van der Waals surface area contributed by atoms with E-state index in [0.29, 0.717) is 5.69 Å². The molecule has 2 aromatic rings. The number of hydrogen-bond donors (Lipinski definition) is 0. The van der Waals surface area contributed by atoms with Crippen molar-refractivity contribution in [1.29, 1.82) is 0 Å². The molecule has 0 bridgehead atoms. The molecule has 0 radical (unpaired) electrons. The van der Waals surface area contributed by atoms with Gasteiger partial charge in [0.15, 0.2) is 5.69 Å². The second-order valence-electron chi connectivity index (χ2n) is 2.90. The van der Waals surface area contributed by atoms with Crippen LogP contribution in [0.25, 0.3) is 6.01 Å². The first-order valence-corrected chi connectivity index (χ1v) is 4.68. The topological polar surface area (TPSA) is 43.9 Å². The fraction of sp³-hybridized carbons (Fsp3) is 0.250. The van der Waals surface area contributed by atoms with Crippen molar-refractivity contribution < 1.29 is 17.6 Å². The first-order valence-electron chi connectivity index (χ1n) is 4.14. The van der Waals surface area contributed by atoms with Crippen molar-refractivity contribution in [3.63, 3.8) is 0 Å². The fourth-order valence-electron chi connectivity index (χ4n) is 1.04. The van der Waals surface area contributed by atoms with Crippen LogP contribution in [0.2, 0.25) is 0 Å². The van der Waals surface area contributed by atoms with Crippen LogP contribution < -0.4 is 0 Å². The third-order valence-corrected chi connectivity index (χ3v) is 2.03. The molecule has 0 aliphatic heterocycles. The number of nitrogens with zero attached hydrogens (tertiary/aromatic N) is 3. The van der Waals surface area contributed by atoms with Gasteiger partial charge in [-0.1, -0.05) is 0 Å². The molecule has 0 saturated heterocycles. The lowest BCUT2D eigenvalue weighted by molar-refractivity contribution is -0.141. The molecule has 0 unspecified atom stereocenters. The molecule has 8 heteroatoms. The summed E-state index contributed by atoms with van der Waals surface area (Å²) in [7, 11) is 0. The standard InChI is InChI=1S/C8H5ClF3N3O/c9-3-5-4-16-7(13-5)15-2-1-6(14-15)8(10,11)12/h1-2,4H,3H2. The van der Waals surface area contributed by atoms with Crippen LogP contribution in [0.3, 0.4) is 0 Å². The molecule has 2 heterocycles. The Balaban J connectivity index is 2.31. The molecule has 0 atom stereocenters. The molecule has 2 aromatic heterocycles. The third kappa shape index (κ3) is 2.04. The highest BCUT2D eigenvalue weighted by Gasteiger charge is 2.33. The van der Waals surface area contributed by atoms with E-state index in [4.69, 9.17) is 16.0 Å². The molecule has 0 fully saturated rings. The largest absolute Gasteiger partial charge is 0.435 e. The zero-order valence-corrected chi connectivity index (χ0v) is 8.46. The molecule has 0 aliphatic rings. The lowest BCUT2D eigenvalue weighted by Gasteiger charge is -1.99. The van der Waals surface area contributed by atoms with E-state index in [1.807, 2.05) is 0 Å². The maximum Gasteiger partial charge on any atom is 0.435 e. The Morgan fingerprint density at radius 3 is 2.69 bits per heavy atom. The number of rotatable bonds is 2. The van der Waals surface area contributed by atoms with E-state index in [1.165, 1.54) is 6.26 Å². The van der Waals surface area contributed by atoms with E-state index >= 15 is 0 Å². The van der Waals surface area contributed by atoms with Crippen LogP contribution in [-0.4, -0.2) is 14.8 Å². The van der Waals surface area contributed by atoms with Crippen LogP contribution in [0.15, 0.2) is 22.9 Å². The Morgan fingerprint density at radius 1 is 1.44 bits per heavy atom. The van der Waals surface area contributed by atoms with E-state index in [1.54, 1.807) is 0 Å². The van der Waals surface area contributed by atoms with Crippen LogP contribution in [0.5, 0.6) is 0 Å². The summed E-state index contributed by atoms with van der Waals surface area (Å²) in [6.45, 7) is 0. The molecule has 86 valence electrons. The Bertz CT molecular complexity index is 491. The van der Waals surface area contributed by atoms with Gasteiger partial charge in [-0.3, -0.25) is 0 Å². The highest BCUT2D eigenvalue weighted by molar-refractivity contribution is 6.16. The zero-order chi connectivity index (χ0) is 11.8. The smallest absolute Gasteiger partial charge is 0.430 e. The number of hydrogen-bond acceptors (Lipinski definition) is 3. The molecule has 0 aromatic carbocycles. The number of aromatic nitrogens is 3. The molecule has 4 nitrogen and oxygen atoms in total. The number of alkyl halides is 4. The van der Waals surface area contributed by atoms with Gasteiger partial charge in [0.05, 0.1) is 11.6 Å². The second kappa shape index (κ2) is 3.82. The van der Waals surface area contributed by atoms with Crippen LogP contribution >= 0.6 is 11.6 Å². The quantitative estimate of drug-likeness (QED) is 0.771. The molecule has 0 amide bonds. The van der Waals surface area contributed by atoms with Gasteiger partial charge in [-0.2, -0.15) is 27.9 Å². The number of halogens is 4. The minimum Gasteiger partial charge on any atom is -0.430 e. The normalized spacial score (nSPS) is 12.0. The molecule has 0 aliphatic carbocycles. The molecule has 0 saturated carbocycles. The van der Waals surface area contributed by atoms with Gasteiger partial charge in [0.25, 0.3) is 0 Å². The Kier molecular flexibility index (Phi) is 2.63. The molecule has 2 rings (SSSR count). The monoisotopic (exact) mass is 251 g/mol. The van der Waals surface area contributed by atoms with E-state index in [9.17, 15) is 13.2 Å². The Hall–Kier alpha value is -1.50. The molecular weight excluding hydrogens is 247 g/mol. The van der Waals surface area contributed by atoms with E-state index in [2.05, 4.69) is 10.1 Å². The van der Waals surface area contributed by atoms with Gasteiger partial charge in [0.1, 0.15) is 6.26 Å². The lowest BCUT2D eigenvalue weighted by Crippen LogP contribution is -2.07. The van der Waals surface area contributed by atoms with Crippen molar-refractivity contribution in [3.05, 3.63) is 29.9 Å².